The van der Waals surface area contributed by atoms with Crippen LogP contribution in [0.2, 0.25) is 0 Å². The van der Waals surface area contributed by atoms with Gasteiger partial charge in [0.2, 0.25) is 10.0 Å². The van der Waals surface area contributed by atoms with Crippen LogP contribution in [0.4, 0.5) is 0 Å². The number of ether oxygens (including phenoxy) is 3. The second kappa shape index (κ2) is 8.85. The highest BCUT2D eigenvalue weighted by atomic mass is 32.2. The number of nitrogens with zero attached hydrogens (tertiary/aromatic N) is 1. The zero-order valence-electron chi connectivity index (χ0n) is 13.8. The van der Waals surface area contributed by atoms with Crippen LogP contribution in [0.3, 0.4) is 0 Å². The van der Waals surface area contributed by atoms with Crippen LogP contribution in [-0.4, -0.2) is 58.7 Å². The number of hydrogen-bond acceptors (Lipinski definition) is 6. The zero-order chi connectivity index (χ0) is 17.5. The first-order chi connectivity index (χ1) is 10.8. The molecule has 0 aliphatic heterocycles. The molecule has 0 unspecified atom stereocenters. The van der Waals surface area contributed by atoms with Crippen LogP contribution in [0, 0.1) is 0 Å². The van der Waals surface area contributed by atoms with E-state index in [1.165, 1.54) is 26.1 Å². The molecule has 0 saturated carbocycles. The van der Waals surface area contributed by atoms with E-state index in [4.69, 9.17) is 14.2 Å². The SMILES string of the molecule is CCOC(=O)[C@@H](C)N(C)S(=O)(=O)c1ccc(OCCOC)cc1. The van der Waals surface area contributed by atoms with Crippen molar-refractivity contribution in [3.05, 3.63) is 24.3 Å². The van der Waals surface area contributed by atoms with Crippen LogP contribution in [0.5, 0.6) is 5.75 Å². The fourth-order valence-electron chi connectivity index (χ4n) is 1.74. The Hall–Kier alpha value is -1.64. The number of hydrogen-bond donors (Lipinski definition) is 0. The molecule has 1 aromatic rings. The topological polar surface area (TPSA) is 82.1 Å². The Labute approximate surface area is 137 Å². The van der Waals surface area contributed by atoms with Gasteiger partial charge in [-0.3, -0.25) is 4.79 Å². The lowest BCUT2D eigenvalue weighted by molar-refractivity contribution is -0.146. The van der Waals surface area contributed by atoms with Gasteiger partial charge in [-0.15, -0.1) is 0 Å². The van der Waals surface area contributed by atoms with E-state index in [-0.39, 0.29) is 11.5 Å². The molecule has 0 fully saturated rings. The Kier molecular flexibility index (Phi) is 7.47. The summed E-state index contributed by atoms with van der Waals surface area (Å²) in [6.45, 7) is 4.17. The van der Waals surface area contributed by atoms with Crippen molar-refractivity contribution >= 4 is 16.0 Å². The summed E-state index contributed by atoms with van der Waals surface area (Å²) in [4.78, 5) is 11.8. The first-order valence-corrected chi connectivity index (χ1v) is 8.65. The van der Waals surface area contributed by atoms with E-state index in [1.807, 2.05) is 0 Å². The minimum Gasteiger partial charge on any atom is -0.491 e. The fraction of sp³-hybridized carbons (Fsp3) is 0.533. The van der Waals surface area contributed by atoms with Crippen molar-refractivity contribution in [2.75, 3.05) is 34.0 Å². The Morgan fingerprint density at radius 2 is 1.83 bits per heavy atom. The molecule has 0 radical (unpaired) electrons. The van der Waals surface area contributed by atoms with Crippen LogP contribution < -0.4 is 4.74 Å². The Balaban J connectivity index is 2.84. The van der Waals surface area contributed by atoms with E-state index in [1.54, 1.807) is 26.2 Å². The van der Waals surface area contributed by atoms with E-state index >= 15 is 0 Å². The lowest BCUT2D eigenvalue weighted by Gasteiger charge is -2.22. The van der Waals surface area contributed by atoms with Crippen molar-refractivity contribution in [3.63, 3.8) is 0 Å². The molecule has 1 rings (SSSR count). The summed E-state index contributed by atoms with van der Waals surface area (Å²) in [5.74, 6) is -0.0415. The molecule has 1 aromatic carbocycles. The van der Waals surface area contributed by atoms with Crippen molar-refractivity contribution in [1.82, 2.24) is 4.31 Å². The normalized spacial score (nSPS) is 12.9. The van der Waals surface area contributed by atoms with Gasteiger partial charge in [0.25, 0.3) is 0 Å². The van der Waals surface area contributed by atoms with Gasteiger partial charge in [-0.25, -0.2) is 8.42 Å². The summed E-state index contributed by atoms with van der Waals surface area (Å²) in [5, 5.41) is 0. The van der Waals surface area contributed by atoms with Gasteiger partial charge in [-0.1, -0.05) is 0 Å². The van der Waals surface area contributed by atoms with Crippen LogP contribution in [0.15, 0.2) is 29.2 Å². The monoisotopic (exact) mass is 345 g/mol. The number of carbonyl (C=O) groups excluding carboxylic acids is 1. The molecule has 0 aromatic heterocycles. The molecular weight excluding hydrogens is 322 g/mol. The Morgan fingerprint density at radius 3 is 2.35 bits per heavy atom. The smallest absolute Gasteiger partial charge is 0.324 e. The van der Waals surface area contributed by atoms with Gasteiger partial charge >= 0.3 is 5.97 Å². The number of rotatable bonds is 9. The summed E-state index contributed by atoms with van der Waals surface area (Å²) in [7, 11) is -0.875. The van der Waals surface area contributed by atoms with Gasteiger partial charge in [0.05, 0.1) is 18.1 Å². The molecule has 7 nitrogen and oxygen atoms in total. The number of methoxy groups -OCH3 is 1. The predicted molar refractivity (Wildman–Crippen MR) is 84.9 cm³/mol. The highest BCUT2D eigenvalue weighted by Gasteiger charge is 2.30. The summed E-state index contributed by atoms with van der Waals surface area (Å²) in [5.41, 5.74) is 0. The van der Waals surface area contributed by atoms with E-state index in [2.05, 4.69) is 0 Å². The molecule has 0 bridgehead atoms. The van der Waals surface area contributed by atoms with Crippen molar-refractivity contribution in [2.45, 2.75) is 24.8 Å². The molecule has 0 saturated heterocycles. The standard InChI is InChI=1S/C15H23NO6S/c1-5-21-15(17)12(2)16(3)23(18,19)14-8-6-13(7-9-14)22-11-10-20-4/h6-9,12H,5,10-11H2,1-4H3/t12-/m1/s1. The van der Waals surface area contributed by atoms with E-state index in [9.17, 15) is 13.2 Å². The van der Waals surface area contributed by atoms with Crippen LogP contribution in [-0.2, 0) is 24.3 Å². The van der Waals surface area contributed by atoms with Gasteiger partial charge in [0.15, 0.2) is 0 Å². The maximum atomic E-state index is 12.5. The molecule has 1 atom stereocenters. The summed E-state index contributed by atoms with van der Waals surface area (Å²) in [6.07, 6.45) is 0. The number of esters is 1. The Morgan fingerprint density at radius 1 is 1.22 bits per heavy atom. The molecule has 0 N–H and O–H groups in total. The fourth-order valence-corrected chi connectivity index (χ4v) is 3.05. The number of likely N-dealkylation sites (N-methyl/N-ethyl adjacent to an activating group) is 1. The molecule has 0 spiro atoms. The maximum Gasteiger partial charge on any atom is 0.324 e. The van der Waals surface area contributed by atoms with Gasteiger partial charge < -0.3 is 14.2 Å². The average molecular weight is 345 g/mol. The van der Waals surface area contributed by atoms with Crippen molar-refractivity contribution in [1.29, 1.82) is 0 Å². The van der Waals surface area contributed by atoms with Gasteiger partial charge in [-0.2, -0.15) is 4.31 Å². The molecule has 0 aliphatic carbocycles. The third-order valence-electron chi connectivity index (χ3n) is 3.23. The second-order valence-corrected chi connectivity index (χ2v) is 6.76. The number of benzene rings is 1. The summed E-state index contributed by atoms with van der Waals surface area (Å²) >= 11 is 0. The lowest BCUT2D eigenvalue weighted by atomic mass is 10.3. The maximum absolute atomic E-state index is 12.5. The lowest BCUT2D eigenvalue weighted by Crippen LogP contribution is -2.41. The van der Waals surface area contributed by atoms with Gasteiger partial charge in [0, 0.05) is 14.2 Å². The minimum atomic E-state index is -3.79. The first kappa shape index (κ1) is 19.4. The molecule has 130 valence electrons. The zero-order valence-corrected chi connectivity index (χ0v) is 14.6. The first-order valence-electron chi connectivity index (χ1n) is 7.21. The number of carbonyl (C=O) groups is 1. The molecule has 0 amide bonds. The van der Waals surface area contributed by atoms with Crippen molar-refractivity contribution in [3.8, 4) is 5.75 Å². The third kappa shape index (κ3) is 5.19. The minimum absolute atomic E-state index is 0.0789. The largest absolute Gasteiger partial charge is 0.491 e. The molecular formula is C15H23NO6S. The Bertz CT molecular complexity index is 599. The van der Waals surface area contributed by atoms with E-state index in [0.717, 1.165) is 4.31 Å². The number of sulfonamides is 1. The summed E-state index contributed by atoms with van der Waals surface area (Å²) in [6, 6.07) is 5.09. The molecule has 23 heavy (non-hydrogen) atoms. The average Bonchev–Trinajstić information content (AvgIpc) is 2.54. The van der Waals surface area contributed by atoms with E-state index in [0.29, 0.717) is 19.0 Å². The molecule has 0 heterocycles. The third-order valence-corrected chi connectivity index (χ3v) is 5.17. The van der Waals surface area contributed by atoms with Crippen molar-refractivity contribution < 1.29 is 27.4 Å². The van der Waals surface area contributed by atoms with Gasteiger partial charge in [-0.05, 0) is 38.1 Å². The summed E-state index contributed by atoms with van der Waals surface area (Å²) < 4.78 is 41.1. The van der Waals surface area contributed by atoms with Crippen LogP contribution in [0.25, 0.3) is 0 Å². The van der Waals surface area contributed by atoms with E-state index < -0.39 is 22.0 Å². The van der Waals surface area contributed by atoms with Crippen LogP contribution in [0.1, 0.15) is 13.8 Å². The second-order valence-electron chi connectivity index (χ2n) is 4.76. The molecule has 0 aliphatic rings. The highest BCUT2D eigenvalue weighted by molar-refractivity contribution is 7.89. The predicted octanol–water partition coefficient (Wildman–Crippen LogP) is 1.28. The van der Waals surface area contributed by atoms with Crippen molar-refractivity contribution in [2.24, 2.45) is 0 Å². The van der Waals surface area contributed by atoms with Gasteiger partial charge in [0.1, 0.15) is 18.4 Å². The molecule has 8 heteroatoms. The quantitative estimate of drug-likeness (QED) is 0.495. The highest BCUT2D eigenvalue weighted by Crippen LogP contribution is 2.20. The van der Waals surface area contributed by atoms with Crippen LogP contribution >= 0.6 is 0 Å².